The zero-order valence-electron chi connectivity index (χ0n) is 20.4. The van der Waals surface area contributed by atoms with Gasteiger partial charge in [-0.05, 0) is 46.5 Å². The molecule has 1 heterocycles. The van der Waals surface area contributed by atoms with Gasteiger partial charge in [0.2, 0.25) is 0 Å². The molecule has 0 saturated heterocycles. The zero-order valence-corrected chi connectivity index (χ0v) is 20.4. The number of anilines is 1. The molecule has 1 aliphatic rings. The summed E-state index contributed by atoms with van der Waals surface area (Å²) in [5, 5.41) is 2.68. The van der Waals surface area contributed by atoms with Gasteiger partial charge in [0.1, 0.15) is 11.5 Å². The van der Waals surface area contributed by atoms with Crippen molar-refractivity contribution in [2.24, 2.45) is 4.99 Å². The van der Waals surface area contributed by atoms with Gasteiger partial charge in [-0.1, -0.05) is 97.6 Å². The highest BCUT2D eigenvalue weighted by molar-refractivity contribution is 6.33. The fourth-order valence-corrected chi connectivity index (χ4v) is 4.29. The molecule has 4 aromatic rings. The van der Waals surface area contributed by atoms with E-state index in [0.717, 1.165) is 27.8 Å². The van der Waals surface area contributed by atoms with Gasteiger partial charge in [0.15, 0.2) is 0 Å². The van der Waals surface area contributed by atoms with E-state index >= 15 is 0 Å². The quantitative estimate of drug-likeness (QED) is 0.345. The number of benzene rings is 4. The first-order chi connectivity index (χ1) is 18.1. The van der Waals surface area contributed by atoms with E-state index in [4.69, 9.17) is 4.99 Å². The molecule has 4 aromatic carbocycles. The van der Waals surface area contributed by atoms with Gasteiger partial charge in [-0.3, -0.25) is 14.5 Å². The Hall–Kier alpha value is -5.03. The lowest BCUT2D eigenvalue weighted by molar-refractivity contribution is -0.113. The van der Waals surface area contributed by atoms with Crippen molar-refractivity contribution >= 4 is 35.0 Å². The number of hydrogen-bond acceptors (Lipinski definition) is 3. The molecule has 5 rings (SSSR count). The van der Waals surface area contributed by atoms with E-state index in [1.54, 1.807) is 24.1 Å². The Kier molecular flexibility index (Phi) is 6.60. The molecule has 1 N–H and O–H groups in total. The maximum Gasteiger partial charge on any atom is 0.282 e. The fraction of sp³-hybridized carbons (Fsp3) is 0.0312. The average molecular weight is 484 g/mol. The van der Waals surface area contributed by atoms with Crippen LogP contribution in [0.1, 0.15) is 32.6 Å². The van der Waals surface area contributed by atoms with Gasteiger partial charge in [0, 0.05) is 18.2 Å². The smallest absolute Gasteiger partial charge is 0.282 e. The summed E-state index contributed by atoms with van der Waals surface area (Å²) in [6.45, 7) is 4.24. The van der Waals surface area contributed by atoms with Gasteiger partial charge in [-0.25, -0.2) is 4.99 Å². The second-order valence-electron chi connectivity index (χ2n) is 8.53. The van der Waals surface area contributed by atoms with Crippen molar-refractivity contribution < 1.29 is 9.59 Å². The van der Waals surface area contributed by atoms with Crippen LogP contribution in [-0.2, 0) is 4.79 Å². The fourth-order valence-electron chi connectivity index (χ4n) is 4.29. The molecule has 0 aromatic heterocycles. The number of nitrogens with zero attached hydrogens (tertiary/aromatic N) is 2. The minimum Gasteiger partial charge on any atom is -0.355 e. The standard InChI is InChI=1S/C32H25N3O2/c1-22(27-15-9-10-16-28(27)31(36)33-2)24-17-19-26(20-18-24)35-30(25-13-7-4-8-14-25)34-29(32(35)37)21-23-11-5-3-6-12-23/h3-21H,1H2,2H3,(H,33,36)/b29-21-. The van der Waals surface area contributed by atoms with Gasteiger partial charge in [0.05, 0.1) is 5.69 Å². The van der Waals surface area contributed by atoms with Crippen molar-refractivity contribution in [2.75, 3.05) is 11.9 Å². The second kappa shape index (κ2) is 10.3. The Balaban J connectivity index is 1.50. The number of amidine groups is 1. The third-order valence-corrected chi connectivity index (χ3v) is 6.19. The molecule has 0 saturated carbocycles. The highest BCUT2D eigenvalue weighted by atomic mass is 16.2. The van der Waals surface area contributed by atoms with E-state index in [2.05, 4.69) is 11.9 Å². The van der Waals surface area contributed by atoms with Crippen molar-refractivity contribution in [3.8, 4) is 0 Å². The minimum atomic E-state index is -0.195. The maximum atomic E-state index is 13.6. The van der Waals surface area contributed by atoms with E-state index in [1.807, 2.05) is 103 Å². The predicted molar refractivity (Wildman–Crippen MR) is 149 cm³/mol. The van der Waals surface area contributed by atoms with Gasteiger partial charge < -0.3 is 5.32 Å². The Bertz CT molecular complexity index is 1540. The summed E-state index contributed by atoms with van der Waals surface area (Å²) < 4.78 is 0. The van der Waals surface area contributed by atoms with E-state index in [1.165, 1.54) is 0 Å². The molecule has 0 fully saturated rings. The molecule has 2 amide bonds. The molecule has 180 valence electrons. The van der Waals surface area contributed by atoms with Crippen molar-refractivity contribution in [1.29, 1.82) is 0 Å². The lowest BCUT2D eigenvalue weighted by Crippen LogP contribution is -2.32. The van der Waals surface area contributed by atoms with E-state index in [9.17, 15) is 9.59 Å². The van der Waals surface area contributed by atoms with Gasteiger partial charge >= 0.3 is 0 Å². The molecule has 0 aliphatic carbocycles. The zero-order chi connectivity index (χ0) is 25.8. The largest absolute Gasteiger partial charge is 0.355 e. The number of carbonyl (C=O) groups is 2. The van der Waals surface area contributed by atoms with Crippen LogP contribution in [0.3, 0.4) is 0 Å². The molecule has 0 bridgehead atoms. The van der Waals surface area contributed by atoms with Gasteiger partial charge in [-0.15, -0.1) is 0 Å². The Morgan fingerprint density at radius 3 is 2.05 bits per heavy atom. The van der Waals surface area contributed by atoms with E-state index in [0.29, 0.717) is 22.8 Å². The molecule has 5 heteroatoms. The number of carbonyl (C=O) groups excluding carboxylic acids is 2. The predicted octanol–water partition coefficient (Wildman–Crippen LogP) is 5.94. The van der Waals surface area contributed by atoms with Gasteiger partial charge in [0.25, 0.3) is 11.8 Å². The number of rotatable bonds is 6. The van der Waals surface area contributed by atoms with Crippen LogP contribution in [0.5, 0.6) is 0 Å². The molecular weight excluding hydrogens is 458 g/mol. The SMILES string of the molecule is C=C(c1ccc(N2C(=O)/C(=C/c3ccccc3)N=C2c2ccccc2)cc1)c1ccccc1C(=O)NC. The van der Waals surface area contributed by atoms with Crippen LogP contribution in [0.15, 0.2) is 126 Å². The maximum absolute atomic E-state index is 13.6. The van der Waals surface area contributed by atoms with Crippen LogP contribution in [0, 0.1) is 0 Å². The minimum absolute atomic E-state index is 0.169. The first kappa shape index (κ1) is 23.7. The summed E-state index contributed by atoms with van der Waals surface area (Å²) in [4.78, 5) is 32.3. The average Bonchev–Trinajstić information content (AvgIpc) is 3.28. The molecule has 0 atom stereocenters. The third-order valence-electron chi connectivity index (χ3n) is 6.19. The molecule has 37 heavy (non-hydrogen) atoms. The van der Waals surface area contributed by atoms with Crippen molar-refractivity contribution in [3.63, 3.8) is 0 Å². The lowest BCUT2D eigenvalue weighted by atomic mass is 9.94. The molecule has 5 nitrogen and oxygen atoms in total. The van der Waals surface area contributed by atoms with Gasteiger partial charge in [-0.2, -0.15) is 0 Å². The van der Waals surface area contributed by atoms with Crippen LogP contribution >= 0.6 is 0 Å². The monoisotopic (exact) mass is 483 g/mol. The second-order valence-corrected chi connectivity index (χ2v) is 8.53. The van der Waals surface area contributed by atoms with E-state index in [-0.39, 0.29) is 11.8 Å². The Labute approximate surface area is 216 Å². The summed E-state index contributed by atoms with van der Waals surface area (Å²) in [6, 6.07) is 34.3. The van der Waals surface area contributed by atoms with Crippen molar-refractivity contribution in [2.45, 2.75) is 0 Å². The summed E-state index contributed by atoms with van der Waals surface area (Å²) >= 11 is 0. The van der Waals surface area contributed by atoms with Crippen LogP contribution < -0.4 is 10.2 Å². The summed E-state index contributed by atoms with van der Waals surface area (Å²) in [5.74, 6) is 0.209. The first-order valence-corrected chi connectivity index (χ1v) is 11.9. The Morgan fingerprint density at radius 1 is 0.811 bits per heavy atom. The van der Waals surface area contributed by atoms with Crippen LogP contribution in [0.4, 0.5) is 5.69 Å². The number of hydrogen-bond donors (Lipinski definition) is 1. The van der Waals surface area contributed by atoms with Crippen molar-refractivity contribution in [3.05, 3.63) is 149 Å². The third kappa shape index (κ3) is 4.75. The molecule has 0 unspecified atom stereocenters. The summed E-state index contributed by atoms with van der Waals surface area (Å²) in [6.07, 6.45) is 1.80. The van der Waals surface area contributed by atoms with E-state index < -0.39 is 0 Å². The Morgan fingerprint density at radius 2 is 1.41 bits per heavy atom. The highest BCUT2D eigenvalue weighted by Gasteiger charge is 2.32. The molecule has 1 aliphatic heterocycles. The first-order valence-electron chi connectivity index (χ1n) is 11.9. The van der Waals surface area contributed by atoms with Crippen LogP contribution in [-0.4, -0.2) is 24.7 Å². The number of nitrogens with one attached hydrogen (secondary N) is 1. The normalized spacial score (nSPS) is 14.0. The molecule has 0 radical (unpaired) electrons. The summed E-state index contributed by atoms with van der Waals surface area (Å²) in [7, 11) is 1.61. The topological polar surface area (TPSA) is 61.8 Å². The summed E-state index contributed by atoms with van der Waals surface area (Å²) in [5.41, 5.74) is 5.71. The van der Waals surface area contributed by atoms with Crippen LogP contribution in [0.25, 0.3) is 11.6 Å². The number of amides is 2. The molecular formula is C32H25N3O2. The number of aliphatic imine (C=N–C) groups is 1. The van der Waals surface area contributed by atoms with Crippen LogP contribution in [0.2, 0.25) is 0 Å². The van der Waals surface area contributed by atoms with Crippen molar-refractivity contribution in [1.82, 2.24) is 5.32 Å². The lowest BCUT2D eigenvalue weighted by Gasteiger charge is -2.19. The molecule has 0 spiro atoms. The highest BCUT2D eigenvalue weighted by Crippen LogP contribution is 2.31.